The van der Waals surface area contributed by atoms with Crippen molar-refractivity contribution in [2.45, 2.75) is 6.92 Å². The van der Waals surface area contributed by atoms with Crippen LogP contribution < -0.4 is 5.73 Å². The summed E-state index contributed by atoms with van der Waals surface area (Å²) in [5, 5.41) is 0.446. The van der Waals surface area contributed by atoms with Gasteiger partial charge in [-0.3, -0.25) is 0 Å². The van der Waals surface area contributed by atoms with Crippen molar-refractivity contribution in [1.82, 2.24) is 4.98 Å². The number of hydrogen-bond acceptors (Lipinski definition) is 3. The average Bonchev–Trinajstić information content (AvgIpc) is 2.54. The Kier molecular flexibility index (Phi) is 2.30. The van der Waals surface area contributed by atoms with E-state index in [-0.39, 0.29) is 11.4 Å². The molecule has 2 rings (SSSR count). The third-order valence-corrected chi connectivity index (χ3v) is 2.49. The van der Waals surface area contributed by atoms with Gasteiger partial charge in [-0.1, -0.05) is 0 Å². The summed E-state index contributed by atoms with van der Waals surface area (Å²) in [6.07, 6.45) is 0. The fourth-order valence-electron chi connectivity index (χ4n) is 1.77. The van der Waals surface area contributed by atoms with E-state index < -0.39 is 11.8 Å². The van der Waals surface area contributed by atoms with E-state index in [0.717, 1.165) is 0 Å². The molecule has 0 atom stereocenters. The molecule has 0 amide bonds. The summed E-state index contributed by atoms with van der Waals surface area (Å²) < 4.78 is 17.8. The summed E-state index contributed by atoms with van der Waals surface area (Å²) in [5.41, 5.74) is 7.19. The molecule has 4 nitrogen and oxygen atoms in total. The average molecular weight is 222 g/mol. The van der Waals surface area contributed by atoms with Gasteiger partial charge < -0.3 is 15.5 Å². The Morgan fingerprint density at radius 1 is 1.50 bits per heavy atom. The van der Waals surface area contributed by atoms with Gasteiger partial charge in [-0.25, -0.2) is 9.18 Å². The first-order valence-electron chi connectivity index (χ1n) is 4.70. The van der Waals surface area contributed by atoms with Crippen LogP contribution in [0.2, 0.25) is 0 Å². The molecule has 84 valence electrons. The number of aromatic amines is 1. The zero-order valence-corrected chi connectivity index (χ0v) is 8.93. The summed E-state index contributed by atoms with van der Waals surface area (Å²) in [6.45, 7) is 1.74. The van der Waals surface area contributed by atoms with Gasteiger partial charge in [0, 0.05) is 5.39 Å². The number of nitrogen functional groups attached to an aromatic ring is 1. The molecule has 0 aliphatic rings. The number of benzene rings is 1. The number of halogens is 1. The Morgan fingerprint density at radius 3 is 2.81 bits per heavy atom. The molecule has 0 aliphatic carbocycles. The number of carbonyl (C=O) groups is 1. The lowest BCUT2D eigenvalue weighted by Crippen LogP contribution is -2.03. The van der Waals surface area contributed by atoms with Gasteiger partial charge in [-0.15, -0.1) is 0 Å². The molecule has 3 N–H and O–H groups in total. The number of carbonyl (C=O) groups excluding carboxylic acids is 1. The Morgan fingerprint density at radius 2 is 2.19 bits per heavy atom. The lowest BCUT2D eigenvalue weighted by molar-refractivity contribution is 0.0604. The van der Waals surface area contributed by atoms with Crippen molar-refractivity contribution in [3.8, 4) is 0 Å². The number of H-pyrrole nitrogens is 1. The highest BCUT2D eigenvalue weighted by Crippen LogP contribution is 2.28. The smallest absolute Gasteiger partial charge is 0.342 e. The summed E-state index contributed by atoms with van der Waals surface area (Å²) in [6, 6.07) is 2.64. The quantitative estimate of drug-likeness (QED) is 0.725. The molecule has 0 saturated carbocycles. The van der Waals surface area contributed by atoms with E-state index in [0.29, 0.717) is 16.5 Å². The molecule has 0 aliphatic heterocycles. The van der Waals surface area contributed by atoms with Crippen LogP contribution in [0.3, 0.4) is 0 Å². The van der Waals surface area contributed by atoms with E-state index in [9.17, 15) is 9.18 Å². The maximum absolute atomic E-state index is 13.2. The molecule has 0 spiro atoms. The molecular weight excluding hydrogens is 211 g/mol. The minimum atomic E-state index is -0.575. The van der Waals surface area contributed by atoms with Crippen molar-refractivity contribution in [3.05, 3.63) is 29.1 Å². The normalized spacial score (nSPS) is 10.7. The molecule has 0 unspecified atom stereocenters. The highest BCUT2D eigenvalue weighted by molar-refractivity contribution is 6.09. The molecule has 0 bridgehead atoms. The minimum Gasteiger partial charge on any atom is -0.465 e. The van der Waals surface area contributed by atoms with Gasteiger partial charge >= 0.3 is 5.97 Å². The van der Waals surface area contributed by atoms with E-state index in [4.69, 9.17) is 5.73 Å². The highest BCUT2D eigenvalue weighted by Gasteiger charge is 2.18. The Labute approximate surface area is 91.2 Å². The number of nitrogens with two attached hydrogens (primary N) is 1. The van der Waals surface area contributed by atoms with E-state index in [2.05, 4.69) is 9.72 Å². The predicted molar refractivity (Wildman–Crippen MR) is 58.7 cm³/mol. The number of anilines is 1. The number of fused-ring (bicyclic) bond motifs is 1. The molecule has 1 aromatic heterocycles. The third kappa shape index (κ3) is 1.41. The second kappa shape index (κ2) is 3.52. The van der Waals surface area contributed by atoms with Gasteiger partial charge in [-0.2, -0.15) is 0 Å². The summed E-state index contributed by atoms with van der Waals surface area (Å²) in [5.74, 6) is -0.793. The fraction of sp³-hybridized carbons (Fsp3) is 0.182. The van der Waals surface area contributed by atoms with Crippen LogP contribution in [0.4, 0.5) is 10.2 Å². The molecule has 1 heterocycles. The molecule has 0 fully saturated rings. The maximum Gasteiger partial charge on any atom is 0.342 e. The minimum absolute atomic E-state index is 0.181. The van der Waals surface area contributed by atoms with Gasteiger partial charge in [-0.05, 0) is 24.6 Å². The fourth-order valence-corrected chi connectivity index (χ4v) is 1.77. The molecule has 0 radical (unpaired) electrons. The molecule has 2 aromatic rings. The monoisotopic (exact) mass is 222 g/mol. The van der Waals surface area contributed by atoms with E-state index in [1.807, 2.05) is 0 Å². The van der Waals surface area contributed by atoms with E-state index in [1.54, 1.807) is 6.92 Å². The first kappa shape index (κ1) is 10.5. The topological polar surface area (TPSA) is 68.1 Å². The first-order chi connectivity index (χ1) is 7.54. The van der Waals surface area contributed by atoms with Crippen molar-refractivity contribution in [2.24, 2.45) is 0 Å². The van der Waals surface area contributed by atoms with Crippen molar-refractivity contribution < 1.29 is 13.9 Å². The maximum atomic E-state index is 13.2. The molecule has 5 heteroatoms. The number of rotatable bonds is 1. The molecule has 16 heavy (non-hydrogen) atoms. The Balaban J connectivity index is 2.83. The van der Waals surface area contributed by atoms with Crippen molar-refractivity contribution in [1.29, 1.82) is 0 Å². The third-order valence-electron chi connectivity index (χ3n) is 2.49. The van der Waals surface area contributed by atoms with Gasteiger partial charge in [0.1, 0.15) is 17.2 Å². The summed E-state index contributed by atoms with van der Waals surface area (Å²) in [7, 11) is 1.26. The lowest BCUT2D eigenvalue weighted by atomic mass is 10.1. The zero-order valence-electron chi connectivity index (χ0n) is 8.93. The largest absolute Gasteiger partial charge is 0.465 e. The van der Waals surface area contributed by atoms with Crippen LogP contribution in [-0.4, -0.2) is 18.1 Å². The SMILES string of the molecule is COC(=O)c1c(N)[nH]c2c(C)cc(F)cc12. The second-order valence-corrected chi connectivity index (χ2v) is 3.55. The Bertz CT molecular complexity index is 575. The van der Waals surface area contributed by atoms with Crippen molar-refractivity contribution in [3.63, 3.8) is 0 Å². The zero-order chi connectivity index (χ0) is 11.9. The van der Waals surface area contributed by atoms with Gasteiger partial charge in [0.05, 0.1) is 12.6 Å². The van der Waals surface area contributed by atoms with Crippen molar-refractivity contribution >= 4 is 22.7 Å². The van der Waals surface area contributed by atoms with Crippen LogP contribution in [0, 0.1) is 12.7 Å². The van der Waals surface area contributed by atoms with Gasteiger partial charge in [0.25, 0.3) is 0 Å². The summed E-state index contributed by atoms with van der Waals surface area (Å²) >= 11 is 0. The molecule has 0 saturated heterocycles. The summed E-state index contributed by atoms with van der Waals surface area (Å²) in [4.78, 5) is 14.3. The second-order valence-electron chi connectivity index (χ2n) is 3.55. The predicted octanol–water partition coefficient (Wildman–Crippen LogP) is 1.98. The highest BCUT2D eigenvalue weighted by atomic mass is 19.1. The molecular formula is C11H11FN2O2. The number of esters is 1. The van der Waals surface area contributed by atoms with Crippen LogP contribution in [0.15, 0.2) is 12.1 Å². The standard InChI is InChI=1S/C11H11FN2O2/c1-5-3-6(12)4-7-8(11(15)16-2)10(13)14-9(5)7/h3-4,14H,13H2,1-2H3. The van der Waals surface area contributed by atoms with Crippen LogP contribution >= 0.6 is 0 Å². The first-order valence-corrected chi connectivity index (χ1v) is 4.70. The van der Waals surface area contributed by atoms with E-state index >= 15 is 0 Å². The van der Waals surface area contributed by atoms with Crippen LogP contribution in [0.5, 0.6) is 0 Å². The van der Waals surface area contributed by atoms with Crippen LogP contribution in [0.1, 0.15) is 15.9 Å². The lowest BCUT2D eigenvalue weighted by Gasteiger charge is -1.99. The number of ether oxygens (including phenoxy) is 1. The molecule has 1 aromatic carbocycles. The number of methoxy groups -OCH3 is 1. The van der Waals surface area contributed by atoms with Crippen LogP contribution in [-0.2, 0) is 4.74 Å². The van der Waals surface area contributed by atoms with Gasteiger partial charge in [0.2, 0.25) is 0 Å². The van der Waals surface area contributed by atoms with Gasteiger partial charge in [0.15, 0.2) is 0 Å². The number of aromatic nitrogens is 1. The van der Waals surface area contributed by atoms with E-state index in [1.165, 1.54) is 19.2 Å². The van der Waals surface area contributed by atoms with Crippen LogP contribution in [0.25, 0.3) is 10.9 Å². The Hall–Kier alpha value is -2.04. The van der Waals surface area contributed by atoms with Crippen molar-refractivity contribution in [2.75, 3.05) is 12.8 Å². The number of hydrogen-bond donors (Lipinski definition) is 2. The number of aryl methyl sites for hydroxylation is 1. The number of nitrogens with one attached hydrogen (secondary N) is 1.